The Bertz CT molecular complexity index is 1930. The summed E-state index contributed by atoms with van der Waals surface area (Å²) in [5, 5.41) is 7.74. The van der Waals surface area contributed by atoms with Crippen molar-refractivity contribution in [2.45, 2.75) is 116 Å². The minimum Gasteiger partial charge on any atom is -0.456 e. The largest absolute Gasteiger partial charge is 0.456 e. The highest BCUT2D eigenvalue weighted by molar-refractivity contribution is 5.92. The van der Waals surface area contributed by atoms with Gasteiger partial charge >= 0.3 is 0 Å². The zero-order valence-corrected chi connectivity index (χ0v) is 33.5. The van der Waals surface area contributed by atoms with Gasteiger partial charge in [-0.2, -0.15) is 0 Å². The first-order valence-corrected chi connectivity index (χ1v) is 20.2. The van der Waals surface area contributed by atoms with E-state index in [9.17, 15) is 19.2 Å². The summed E-state index contributed by atoms with van der Waals surface area (Å²) in [5.41, 5.74) is 15.2. The molecular formula is C44H58N6O6. The number of furan rings is 2. The second-order valence-corrected chi connectivity index (χ2v) is 16.3. The number of carbonyl (C=O) groups is 4. The first kappa shape index (κ1) is 40.7. The number of hydrogen-bond donors (Lipinski definition) is 4. The van der Waals surface area contributed by atoms with Gasteiger partial charge in [0.2, 0.25) is 23.6 Å². The number of nitrogens with two attached hydrogens (primary N) is 2. The average Bonchev–Trinajstić information content (AvgIpc) is 3.97. The molecule has 2 aliphatic rings. The number of likely N-dealkylation sites (tertiary alicyclic amines) is 2. The third kappa shape index (κ3) is 8.71. The van der Waals surface area contributed by atoms with Crippen molar-refractivity contribution in [2.24, 2.45) is 23.3 Å². The lowest BCUT2D eigenvalue weighted by molar-refractivity contribution is -0.138. The Morgan fingerprint density at radius 3 is 1.39 bits per heavy atom. The molecule has 4 heterocycles. The van der Waals surface area contributed by atoms with Crippen molar-refractivity contribution in [1.29, 1.82) is 0 Å². The fourth-order valence-electron chi connectivity index (χ4n) is 8.18. The van der Waals surface area contributed by atoms with Crippen LogP contribution >= 0.6 is 0 Å². The summed E-state index contributed by atoms with van der Waals surface area (Å²) in [6.07, 6.45) is 8.45. The molecule has 6 N–H and O–H groups in total. The van der Waals surface area contributed by atoms with Gasteiger partial charge in [-0.05, 0) is 88.5 Å². The van der Waals surface area contributed by atoms with Crippen LogP contribution in [0, 0.1) is 11.8 Å². The van der Waals surface area contributed by atoms with Gasteiger partial charge in [-0.15, -0.1) is 0 Å². The van der Waals surface area contributed by atoms with Crippen LogP contribution in [0.3, 0.4) is 0 Å². The van der Waals surface area contributed by atoms with Crippen molar-refractivity contribution in [2.75, 3.05) is 13.1 Å². The van der Waals surface area contributed by atoms with Gasteiger partial charge in [0.05, 0.1) is 12.1 Å². The topological polar surface area (TPSA) is 177 Å². The van der Waals surface area contributed by atoms with E-state index >= 15 is 0 Å². The Hall–Kier alpha value is -4.94. The van der Waals surface area contributed by atoms with E-state index in [0.717, 1.165) is 58.7 Å². The van der Waals surface area contributed by atoms with Gasteiger partial charge < -0.3 is 40.7 Å². The number of rotatable bonds is 14. The van der Waals surface area contributed by atoms with Gasteiger partial charge in [-0.3, -0.25) is 19.2 Å². The molecule has 0 saturated carbocycles. The zero-order valence-electron chi connectivity index (χ0n) is 33.5. The number of hydrogen-bond acceptors (Lipinski definition) is 8. The van der Waals surface area contributed by atoms with Crippen LogP contribution in [0.4, 0.5) is 0 Å². The number of para-hydroxylation sites is 2. The predicted octanol–water partition coefficient (Wildman–Crippen LogP) is 5.39. The van der Waals surface area contributed by atoms with Gasteiger partial charge in [-0.25, -0.2) is 0 Å². The lowest BCUT2D eigenvalue weighted by Crippen LogP contribution is -2.55. The van der Waals surface area contributed by atoms with Crippen LogP contribution in [0.2, 0.25) is 0 Å². The van der Waals surface area contributed by atoms with Crippen LogP contribution in [0.1, 0.15) is 89.9 Å². The molecule has 2 fully saturated rings. The van der Waals surface area contributed by atoms with Crippen LogP contribution in [-0.4, -0.2) is 82.8 Å². The number of amides is 4. The summed E-state index contributed by atoms with van der Waals surface area (Å²) in [4.78, 5) is 56.9. The highest BCUT2D eigenvalue weighted by Gasteiger charge is 2.38. The number of carbonyl (C=O) groups excluding carboxylic acids is 4. The first-order valence-electron chi connectivity index (χ1n) is 20.2. The summed E-state index contributed by atoms with van der Waals surface area (Å²) in [5.74, 6) is 0.281. The molecule has 2 aliphatic heterocycles. The molecular weight excluding hydrogens is 709 g/mol. The number of nitrogens with one attached hydrogen (secondary N) is 2. The van der Waals surface area contributed by atoms with E-state index in [4.69, 9.17) is 20.3 Å². The number of benzene rings is 2. The van der Waals surface area contributed by atoms with Crippen LogP contribution in [0.15, 0.2) is 57.4 Å². The molecule has 6 atom stereocenters. The summed E-state index contributed by atoms with van der Waals surface area (Å²) in [7, 11) is 0. The number of fused-ring (bicyclic) bond motifs is 2. The van der Waals surface area contributed by atoms with Gasteiger partial charge in [-0.1, -0.05) is 64.1 Å². The maximum atomic E-state index is 14.0. The Morgan fingerprint density at radius 2 is 1.04 bits per heavy atom. The highest BCUT2D eigenvalue weighted by atomic mass is 16.3. The monoisotopic (exact) mass is 766 g/mol. The smallest absolute Gasteiger partial charge is 0.245 e. The maximum Gasteiger partial charge on any atom is 0.245 e. The molecule has 2 aromatic carbocycles. The van der Waals surface area contributed by atoms with Crippen molar-refractivity contribution in [3.05, 3.63) is 71.2 Å². The Balaban J connectivity index is 1.29. The van der Waals surface area contributed by atoms with Crippen molar-refractivity contribution in [3.63, 3.8) is 0 Å². The molecule has 4 aromatic rings. The number of nitrogens with zero attached hydrogens (tertiary/aromatic N) is 2. The Morgan fingerprint density at radius 1 is 0.661 bits per heavy atom. The average molecular weight is 767 g/mol. The molecule has 2 aromatic heterocycles. The fourth-order valence-corrected chi connectivity index (χ4v) is 8.18. The van der Waals surface area contributed by atoms with Gasteiger partial charge in [0.15, 0.2) is 0 Å². The first-order chi connectivity index (χ1) is 26.7. The predicted molar refractivity (Wildman–Crippen MR) is 219 cm³/mol. The SMILES string of the molecule is CC(C)[C@H](NC(=O)[C@H](C)N)C(=O)N1CCC[C@H]1Cc1c(/C=C/c2oc3ccccc3c2C[C@@H]2CCCN2C(=O)[C@@H](NC(=O)[C@H](C)N)C(C)C)oc2ccccc12. The van der Waals surface area contributed by atoms with E-state index in [1.54, 1.807) is 13.8 Å². The molecule has 56 heavy (non-hydrogen) atoms. The Kier molecular flexibility index (Phi) is 12.7. The van der Waals surface area contributed by atoms with E-state index in [1.807, 2.05) is 98.2 Å². The molecule has 0 bridgehead atoms. The molecule has 12 nitrogen and oxygen atoms in total. The lowest BCUT2D eigenvalue weighted by atomic mass is 9.97. The minimum atomic E-state index is -0.714. The summed E-state index contributed by atoms with van der Waals surface area (Å²) < 4.78 is 13.0. The molecule has 12 heteroatoms. The van der Waals surface area contributed by atoms with Gasteiger partial charge in [0.1, 0.15) is 34.8 Å². The molecule has 300 valence electrons. The van der Waals surface area contributed by atoms with Gasteiger partial charge in [0, 0.05) is 47.1 Å². The third-order valence-corrected chi connectivity index (χ3v) is 11.3. The summed E-state index contributed by atoms with van der Waals surface area (Å²) >= 11 is 0. The van der Waals surface area contributed by atoms with Crippen molar-refractivity contribution < 1.29 is 28.0 Å². The molecule has 0 spiro atoms. The zero-order chi connectivity index (χ0) is 40.3. The van der Waals surface area contributed by atoms with E-state index in [2.05, 4.69) is 10.6 Å². The normalized spacial score (nSPS) is 19.7. The molecule has 0 aliphatic carbocycles. The molecule has 6 rings (SSSR count). The van der Waals surface area contributed by atoms with Crippen molar-refractivity contribution in [1.82, 2.24) is 20.4 Å². The van der Waals surface area contributed by atoms with E-state index < -0.39 is 24.2 Å². The minimum absolute atomic E-state index is 0.0794. The highest BCUT2D eigenvalue weighted by Crippen LogP contribution is 2.35. The molecule has 0 radical (unpaired) electrons. The third-order valence-electron chi connectivity index (χ3n) is 11.3. The van der Waals surface area contributed by atoms with E-state index in [0.29, 0.717) is 37.5 Å². The molecule has 4 amide bonds. The maximum absolute atomic E-state index is 14.0. The molecule has 0 unspecified atom stereocenters. The van der Waals surface area contributed by atoms with Crippen LogP contribution in [0.25, 0.3) is 34.1 Å². The Labute approximate surface area is 329 Å². The lowest BCUT2D eigenvalue weighted by Gasteiger charge is -2.31. The second-order valence-electron chi connectivity index (χ2n) is 16.3. The van der Waals surface area contributed by atoms with Crippen molar-refractivity contribution in [3.8, 4) is 0 Å². The van der Waals surface area contributed by atoms with Crippen LogP contribution < -0.4 is 22.1 Å². The standard InChI is InChI=1S/C44H58N6O6/c1-25(2)39(47-41(51)27(5)45)43(53)49-21-11-13-29(49)23-33-31-15-7-9-17-35(31)55-37(33)19-20-38-34(32-16-8-10-18-36(32)56-38)24-30-14-12-22-50(30)44(54)40(26(3)4)48-42(52)28(6)46/h7-10,15-20,25-30,39-40H,11-14,21-24,45-46H2,1-6H3,(H,47,51)(H,48,52)/b20-19+/t27-,28-,29-,30-,39-,40-/m0/s1. The molecule has 2 saturated heterocycles. The second kappa shape index (κ2) is 17.5. The van der Waals surface area contributed by atoms with Crippen LogP contribution in [-0.2, 0) is 32.0 Å². The van der Waals surface area contributed by atoms with Crippen LogP contribution in [0.5, 0.6) is 0 Å². The van der Waals surface area contributed by atoms with E-state index in [1.165, 1.54) is 0 Å². The van der Waals surface area contributed by atoms with Crippen molar-refractivity contribution >= 4 is 57.7 Å². The summed E-state index contributed by atoms with van der Waals surface area (Å²) in [6.45, 7) is 12.2. The summed E-state index contributed by atoms with van der Waals surface area (Å²) in [6, 6.07) is 12.9. The van der Waals surface area contributed by atoms with E-state index in [-0.39, 0.29) is 47.5 Å². The quantitative estimate of drug-likeness (QED) is 0.132. The fraction of sp³-hybridized carbons (Fsp3) is 0.500. The van der Waals surface area contributed by atoms with Gasteiger partial charge in [0.25, 0.3) is 0 Å².